The minimum atomic E-state index is -3.01. The van der Waals surface area contributed by atoms with Crippen LogP contribution in [0.25, 0.3) is 0 Å². The standard InChI is InChI=1S/C15H18N4O2S.2C2H6/c1-22(20,21)10-11-2-4-13(5-3-11)18-15-17-8-12-6-7-16-9-14(12)19-15;2*1-2/h2-5,8,16H,6-7,9-10H2,1H3,(H,17,18,19);2*1-2H3. The van der Waals surface area contributed by atoms with Gasteiger partial charge in [-0.3, -0.25) is 0 Å². The second-order valence-corrected chi connectivity index (χ2v) is 7.62. The molecule has 1 aliphatic heterocycles. The van der Waals surface area contributed by atoms with E-state index >= 15 is 0 Å². The molecule has 0 spiro atoms. The van der Waals surface area contributed by atoms with E-state index in [2.05, 4.69) is 20.6 Å². The molecule has 2 heterocycles. The van der Waals surface area contributed by atoms with Gasteiger partial charge in [-0.05, 0) is 36.2 Å². The van der Waals surface area contributed by atoms with Gasteiger partial charge >= 0.3 is 0 Å². The summed E-state index contributed by atoms with van der Waals surface area (Å²) in [6, 6.07) is 7.26. The Balaban J connectivity index is 0.000000791. The Labute approximate surface area is 157 Å². The number of nitrogens with zero attached hydrogens (tertiary/aromatic N) is 2. The van der Waals surface area contributed by atoms with E-state index in [-0.39, 0.29) is 5.75 Å². The summed E-state index contributed by atoms with van der Waals surface area (Å²) in [6.07, 6.45) is 4.05. The first kappa shape index (κ1) is 22.1. The second kappa shape index (κ2) is 10.9. The van der Waals surface area contributed by atoms with Crippen LogP contribution in [0.5, 0.6) is 0 Å². The molecule has 0 atom stereocenters. The van der Waals surface area contributed by atoms with E-state index in [0.29, 0.717) is 5.95 Å². The fourth-order valence-electron chi connectivity index (χ4n) is 2.41. The van der Waals surface area contributed by atoms with Crippen LogP contribution in [0.15, 0.2) is 30.5 Å². The molecule has 0 unspecified atom stereocenters. The molecular weight excluding hydrogens is 348 g/mol. The topological polar surface area (TPSA) is 84.0 Å². The maximum atomic E-state index is 11.3. The van der Waals surface area contributed by atoms with Gasteiger partial charge in [-0.2, -0.15) is 0 Å². The average molecular weight is 379 g/mol. The first-order valence-corrected chi connectivity index (χ1v) is 11.1. The average Bonchev–Trinajstić information content (AvgIpc) is 2.65. The predicted octanol–water partition coefficient (Wildman–Crippen LogP) is 3.46. The summed E-state index contributed by atoms with van der Waals surface area (Å²) in [5.74, 6) is 0.604. The first-order valence-electron chi connectivity index (χ1n) is 9.09. The highest BCUT2D eigenvalue weighted by atomic mass is 32.2. The van der Waals surface area contributed by atoms with Crippen molar-refractivity contribution in [2.45, 2.75) is 46.4 Å². The highest BCUT2D eigenvalue weighted by Gasteiger charge is 2.11. The van der Waals surface area contributed by atoms with Crippen molar-refractivity contribution in [3.05, 3.63) is 47.3 Å². The van der Waals surface area contributed by atoms with Gasteiger partial charge in [-0.15, -0.1) is 0 Å². The summed E-state index contributed by atoms with van der Waals surface area (Å²) in [5, 5.41) is 6.43. The first-order chi connectivity index (χ1) is 12.5. The summed E-state index contributed by atoms with van der Waals surface area (Å²) in [7, 11) is -3.01. The van der Waals surface area contributed by atoms with Crippen molar-refractivity contribution in [2.24, 2.45) is 0 Å². The number of benzene rings is 1. The third-order valence-electron chi connectivity index (χ3n) is 3.46. The van der Waals surface area contributed by atoms with Crippen LogP contribution in [-0.2, 0) is 28.6 Å². The molecule has 6 nitrogen and oxygen atoms in total. The third-order valence-corrected chi connectivity index (χ3v) is 4.31. The lowest BCUT2D eigenvalue weighted by molar-refractivity contribution is 0.601. The van der Waals surface area contributed by atoms with Crippen LogP contribution in [0.2, 0.25) is 0 Å². The van der Waals surface area contributed by atoms with Gasteiger partial charge in [0, 0.05) is 24.7 Å². The second-order valence-electron chi connectivity index (χ2n) is 5.48. The van der Waals surface area contributed by atoms with Crippen molar-refractivity contribution in [3.63, 3.8) is 0 Å². The molecule has 26 heavy (non-hydrogen) atoms. The number of hydrogen-bond acceptors (Lipinski definition) is 6. The van der Waals surface area contributed by atoms with Gasteiger partial charge in [0.1, 0.15) is 0 Å². The predicted molar refractivity (Wildman–Crippen MR) is 108 cm³/mol. The van der Waals surface area contributed by atoms with Gasteiger partial charge in [0.05, 0.1) is 11.4 Å². The molecule has 7 heteroatoms. The molecule has 1 aromatic heterocycles. The minimum Gasteiger partial charge on any atom is -0.324 e. The van der Waals surface area contributed by atoms with Crippen molar-refractivity contribution in [2.75, 3.05) is 18.1 Å². The quantitative estimate of drug-likeness (QED) is 0.848. The Hall–Kier alpha value is -1.99. The number of fused-ring (bicyclic) bond motifs is 1. The van der Waals surface area contributed by atoms with Gasteiger partial charge in [0.15, 0.2) is 9.84 Å². The van der Waals surface area contributed by atoms with Crippen molar-refractivity contribution in [1.29, 1.82) is 0 Å². The van der Waals surface area contributed by atoms with Crippen LogP contribution in [-0.4, -0.2) is 31.2 Å². The van der Waals surface area contributed by atoms with E-state index in [1.165, 1.54) is 11.8 Å². The highest BCUT2D eigenvalue weighted by Crippen LogP contribution is 2.17. The van der Waals surface area contributed by atoms with Gasteiger partial charge in [-0.1, -0.05) is 39.8 Å². The highest BCUT2D eigenvalue weighted by molar-refractivity contribution is 7.89. The maximum Gasteiger partial charge on any atom is 0.227 e. The molecule has 1 aliphatic rings. The van der Waals surface area contributed by atoms with Crippen molar-refractivity contribution in [3.8, 4) is 0 Å². The molecule has 0 bridgehead atoms. The maximum absolute atomic E-state index is 11.3. The van der Waals surface area contributed by atoms with E-state index in [9.17, 15) is 8.42 Å². The SMILES string of the molecule is CC.CC.CS(=O)(=O)Cc1ccc(Nc2ncc3c(n2)CNCC3)cc1. The van der Waals surface area contributed by atoms with Crippen molar-refractivity contribution in [1.82, 2.24) is 15.3 Å². The fourth-order valence-corrected chi connectivity index (χ4v) is 3.21. The Morgan fingerprint density at radius 1 is 1.12 bits per heavy atom. The van der Waals surface area contributed by atoms with Crippen LogP contribution >= 0.6 is 0 Å². The van der Waals surface area contributed by atoms with Gasteiger partial charge in [0.2, 0.25) is 5.95 Å². The molecule has 1 aromatic carbocycles. The monoisotopic (exact) mass is 378 g/mol. The summed E-state index contributed by atoms with van der Waals surface area (Å²) >= 11 is 0. The minimum absolute atomic E-state index is 0.0499. The van der Waals surface area contributed by atoms with E-state index < -0.39 is 9.84 Å². The zero-order valence-corrected chi connectivity index (χ0v) is 17.2. The number of hydrogen-bond donors (Lipinski definition) is 2. The van der Waals surface area contributed by atoms with Crippen LogP contribution in [0.4, 0.5) is 11.6 Å². The van der Waals surface area contributed by atoms with Crippen LogP contribution in [0.3, 0.4) is 0 Å². The number of sulfone groups is 1. The van der Waals surface area contributed by atoms with E-state index in [4.69, 9.17) is 0 Å². The lowest BCUT2D eigenvalue weighted by atomic mass is 10.1. The summed E-state index contributed by atoms with van der Waals surface area (Å²) < 4.78 is 22.5. The normalized spacial score (nSPS) is 12.7. The van der Waals surface area contributed by atoms with E-state index in [1.807, 2.05) is 46.0 Å². The van der Waals surface area contributed by atoms with Crippen LogP contribution in [0.1, 0.15) is 44.5 Å². The Morgan fingerprint density at radius 3 is 2.38 bits per heavy atom. The number of aromatic nitrogens is 2. The molecule has 0 radical (unpaired) electrons. The van der Waals surface area contributed by atoms with Crippen molar-refractivity contribution < 1.29 is 8.42 Å². The Bertz CT molecular complexity index is 775. The fraction of sp³-hybridized carbons (Fsp3) is 0.474. The molecule has 0 aliphatic carbocycles. The lowest BCUT2D eigenvalue weighted by Crippen LogP contribution is -2.25. The van der Waals surface area contributed by atoms with Gasteiger partial charge in [-0.25, -0.2) is 18.4 Å². The van der Waals surface area contributed by atoms with Crippen LogP contribution < -0.4 is 10.6 Å². The number of rotatable bonds is 4. The summed E-state index contributed by atoms with van der Waals surface area (Å²) in [6.45, 7) is 9.73. The molecule has 0 amide bonds. The van der Waals surface area contributed by atoms with Crippen molar-refractivity contribution >= 4 is 21.5 Å². The molecular formula is C19H30N4O2S. The number of anilines is 2. The van der Waals surface area contributed by atoms with E-state index in [1.54, 1.807) is 12.1 Å². The molecule has 0 saturated carbocycles. The lowest BCUT2D eigenvalue weighted by Gasteiger charge is -2.16. The van der Waals surface area contributed by atoms with E-state index in [0.717, 1.165) is 36.5 Å². The molecule has 3 rings (SSSR count). The Kier molecular flexibility index (Phi) is 9.23. The molecule has 2 aromatic rings. The molecule has 144 valence electrons. The molecule has 0 fully saturated rings. The van der Waals surface area contributed by atoms with Gasteiger partial charge in [0.25, 0.3) is 0 Å². The summed E-state index contributed by atoms with van der Waals surface area (Å²) in [4.78, 5) is 8.83. The molecule has 0 saturated heterocycles. The third kappa shape index (κ3) is 7.09. The van der Waals surface area contributed by atoms with Gasteiger partial charge < -0.3 is 10.6 Å². The van der Waals surface area contributed by atoms with Crippen LogP contribution in [0, 0.1) is 0 Å². The zero-order chi connectivity index (χ0) is 19.6. The largest absolute Gasteiger partial charge is 0.324 e. The number of nitrogens with one attached hydrogen (secondary N) is 2. The summed E-state index contributed by atoms with van der Waals surface area (Å²) in [5.41, 5.74) is 3.81. The molecule has 2 N–H and O–H groups in total. The smallest absolute Gasteiger partial charge is 0.227 e. The Morgan fingerprint density at radius 2 is 1.77 bits per heavy atom. The zero-order valence-electron chi connectivity index (χ0n) is 16.3.